The maximum Gasteiger partial charge on any atom is 0.347 e. The highest BCUT2D eigenvalue weighted by Crippen LogP contribution is 2.44. The number of carbonyl (C=O) groups is 1. The van der Waals surface area contributed by atoms with Crippen LogP contribution in [0.4, 0.5) is 0 Å². The van der Waals surface area contributed by atoms with Crippen LogP contribution in [0.1, 0.15) is 45.2 Å². The van der Waals surface area contributed by atoms with Gasteiger partial charge in [-0.2, -0.15) is 11.8 Å². The molecule has 1 saturated carbocycles. The molecule has 2 heterocycles. The van der Waals surface area contributed by atoms with E-state index >= 15 is 0 Å². The molecule has 6 heteroatoms. The van der Waals surface area contributed by atoms with Crippen LogP contribution in [0.5, 0.6) is 0 Å². The molecule has 1 atom stereocenters. The molecule has 2 aliphatic rings. The van der Waals surface area contributed by atoms with Crippen LogP contribution in [0.25, 0.3) is 0 Å². The lowest BCUT2D eigenvalue weighted by molar-refractivity contribution is 0.0700. The number of aromatic carboxylic acids is 1. The molecular weight excluding hydrogens is 258 g/mol. The third-order valence-corrected chi connectivity index (χ3v) is 5.06. The molecule has 17 heavy (non-hydrogen) atoms. The van der Waals surface area contributed by atoms with Crippen LogP contribution in [0.2, 0.25) is 0 Å². The standard InChI is InChI=1S/C11H13NO3S2/c13-11(14)9-8(6-1-2-6)12-10(17-9)7-5-16-4-3-15-7/h6-7H,1-5H2,(H,13,14). The molecule has 4 nitrogen and oxygen atoms in total. The highest BCUT2D eigenvalue weighted by molar-refractivity contribution is 7.99. The predicted molar refractivity (Wildman–Crippen MR) is 67.1 cm³/mol. The molecule has 1 N–H and O–H groups in total. The number of aromatic nitrogens is 1. The van der Waals surface area contributed by atoms with Gasteiger partial charge in [0.1, 0.15) is 16.0 Å². The fraction of sp³-hybridized carbons (Fsp3) is 0.636. The summed E-state index contributed by atoms with van der Waals surface area (Å²) < 4.78 is 5.65. The van der Waals surface area contributed by atoms with Gasteiger partial charge < -0.3 is 9.84 Å². The summed E-state index contributed by atoms with van der Waals surface area (Å²) in [7, 11) is 0. The molecule has 0 aromatic carbocycles. The van der Waals surface area contributed by atoms with Gasteiger partial charge in [-0.1, -0.05) is 0 Å². The number of hydrogen-bond acceptors (Lipinski definition) is 5. The van der Waals surface area contributed by atoms with Gasteiger partial charge in [-0.25, -0.2) is 9.78 Å². The van der Waals surface area contributed by atoms with Crippen molar-refractivity contribution in [1.29, 1.82) is 0 Å². The topological polar surface area (TPSA) is 59.4 Å². The summed E-state index contributed by atoms with van der Waals surface area (Å²) in [6.45, 7) is 0.732. The van der Waals surface area contributed by atoms with E-state index in [4.69, 9.17) is 4.74 Å². The van der Waals surface area contributed by atoms with Gasteiger partial charge in [0.25, 0.3) is 0 Å². The van der Waals surface area contributed by atoms with Crippen molar-refractivity contribution in [1.82, 2.24) is 4.98 Å². The van der Waals surface area contributed by atoms with Crippen LogP contribution < -0.4 is 0 Å². The zero-order chi connectivity index (χ0) is 11.8. The van der Waals surface area contributed by atoms with E-state index in [1.165, 1.54) is 11.3 Å². The van der Waals surface area contributed by atoms with Crippen molar-refractivity contribution in [3.8, 4) is 0 Å². The molecule has 0 bridgehead atoms. The Kier molecular flexibility index (Phi) is 3.10. The summed E-state index contributed by atoms with van der Waals surface area (Å²) in [6, 6.07) is 0. The number of nitrogens with zero attached hydrogens (tertiary/aromatic N) is 1. The SMILES string of the molecule is O=C(O)c1sc(C2CSCCO2)nc1C1CC1. The highest BCUT2D eigenvalue weighted by atomic mass is 32.2. The minimum absolute atomic E-state index is 0.00986. The lowest BCUT2D eigenvalue weighted by Gasteiger charge is -2.19. The van der Waals surface area contributed by atoms with Crippen molar-refractivity contribution in [3.63, 3.8) is 0 Å². The monoisotopic (exact) mass is 271 g/mol. The van der Waals surface area contributed by atoms with Crippen molar-refractivity contribution in [3.05, 3.63) is 15.6 Å². The largest absolute Gasteiger partial charge is 0.477 e. The van der Waals surface area contributed by atoms with E-state index in [1.807, 2.05) is 11.8 Å². The molecule has 2 fully saturated rings. The average molecular weight is 271 g/mol. The maximum absolute atomic E-state index is 11.2. The summed E-state index contributed by atoms with van der Waals surface area (Å²) in [5.41, 5.74) is 0.789. The number of carboxylic acid groups (broad SMARTS) is 1. The fourth-order valence-electron chi connectivity index (χ4n) is 1.90. The second-order valence-corrected chi connectivity index (χ2v) is 6.46. The van der Waals surface area contributed by atoms with E-state index in [0.29, 0.717) is 10.8 Å². The summed E-state index contributed by atoms with van der Waals surface area (Å²) in [4.78, 5) is 16.1. The Bertz CT molecular complexity index is 436. The third kappa shape index (κ3) is 2.34. The number of hydrogen-bond donors (Lipinski definition) is 1. The van der Waals surface area contributed by atoms with Crippen LogP contribution in [0, 0.1) is 0 Å². The minimum atomic E-state index is -0.848. The van der Waals surface area contributed by atoms with Gasteiger partial charge in [-0.05, 0) is 12.8 Å². The fourth-order valence-corrected chi connectivity index (χ4v) is 3.90. The molecule has 0 radical (unpaired) electrons. The van der Waals surface area contributed by atoms with Gasteiger partial charge in [0, 0.05) is 17.4 Å². The summed E-state index contributed by atoms with van der Waals surface area (Å²) in [6.07, 6.45) is 2.14. The van der Waals surface area contributed by atoms with Crippen LogP contribution in [0.15, 0.2) is 0 Å². The minimum Gasteiger partial charge on any atom is -0.477 e. The zero-order valence-corrected chi connectivity index (χ0v) is 10.9. The molecule has 0 spiro atoms. The van der Waals surface area contributed by atoms with Gasteiger partial charge >= 0.3 is 5.97 Å². The number of rotatable bonds is 3. The van der Waals surface area contributed by atoms with Gasteiger partial charge in [0.15, 0.2) is 0 Å². The lowest BCUT2D eigenvalue weighted by Crippen LogP contribution is -2.15. The van der Waals surface area contributed by atoms with E-state index in [0.717, 1.165) is 41.7 Å². The summed E-state index contributed by atoms with van der Waals surface area (Å²) in [5, 5.41) is 10.0. The summed E-state index contributed by atoms with van der Waals surface area (Å²) in [5.74, 6) is 1.43. The lowest BCUT2D eigenvalue weighted by atomic mass is 10.2. The Hall–Kier alpha value is -0.590. The second kappa shape index (κ2) is 4.59. The van der Waals surface area contributed by atoms with Gasteiger partial charge in [0.05, 0.1) is 12.3 Å². The van der Waals surface area contributed by atoms with E-state index in [1.54, 1.807) is 0 Å². The first kappa shape index (κ1) is 11.5. The highest BCUT2D eigenvalue weighted by Gasteiger charge is 2.33. The van der Waals surface area contributed by atoms with Gasteiger partial charge in [-0.3, -0.25) is 0 Å². The van der Waals surface area contributed by atoms with Gasteiger partial charge in [-0.15, -0.1) is 11.3 Å². The van der Waals surface area contributed by atoms with E-state index in [2.05, 4.69) is 4.98 Å². The Morgan fingerprint density at radius 3 is 2.88 bits per heavy atom. The molecule has 1 aliphatic heterocycles. The first-order valence-electron chi connectivity index (χ1n) is 5.69. The Morgan fingerprint density at radius 1 is 1.47 bits per heavy atom. The van der Waals surface area contributed by atoms with E-state index in [-0.39, 0.29) is 6.10 Å². The Labute approximate surface area is 107 Å². The van der Waals surface area contributed by atoms with E-state index in [9.17, 15) is 9.90 Å². The molecular formula is C11H13NO3S2. The first-order valence-corrected chi connectivity index (χ1v) is 7.66. The Morgan fingerprint density at radius 2 is 2.29 bits per heavy atom. The summed E-state index contributed by atoms with van der Waals surface area (Å²) >= 11 is 3.13. The maximum atomic E-state index is 11.2. The molecule has 1 aromatic rings. The number of carboxylic acids is 1. The second-order valence-electron chi connectivity index (χ2n) is 4.28. The van der Waals surface area contributed by atoms with Crippen molar-refractivity contribution in [2.75, 3.05) is 18.1 Å². The van der Waals surface area contributed by atoms with Crippen molar-refractivity contribution >= 4 is 29.1 Å². The van der Waals surface area contributed by atoms with Crippen molar-refractivity contribution in [2.24, 2.45) is 0 Å². The zero-order valence-electron chi connectivity index (χ0n) is 9.22. The van der Waals surface area contributed by atoms with Crippen molar-refractivity contribution < 1.29 is 14.6 Å². The van der Waals surface area contributed by atoms with Crippen molar-refractivity contribution in [2.45, 2.75) is 24.9 Å². The molecule has 1 aliphatic carbocycles. The molecule has 1 saturated heterocycles. The smallest absolute Gasteiger partial charge is 0.347 e. The average Bonchev–Trinajstić information content (AvgIpc) is 3.09. The molecule has 1 unspecified atom stereocenters. The predicted octanol–water partition coefficient (Wildman–Crippen LogP) is 2.52. The van der Waals surface area contributed by atoms with E-state index < -0.39 is 5.97 Å². The molecule has 1 aromatic heterocycles. The third-order valence-electron chi connectivity index (χ3n) is 2.92. The van der Waals surface area contributed by atoms with Crippen LogP contribution in [-0.2, 0) is 4.74 Å². The van der Waals surface area contributed by atoms with Crippen LogP contribution in [-0.4, -0.2) is 34.2 Å². The normalized spacial score (nSPS) is 24.8. The van der Waals surface area contributed by atoms with Crippen LogP contribution >= 0.6 is 23.1 Å². The van der Waals surface area contributed by atoms with Crippen LogP contribution in [0.3, 0.4) is 0 Å². The molecule has 0 amide bonds. The quantitative estimate of drug-likeness (QED) is 0.915. The Balaban J connectivity index is 1.89. The first-order chi connectivity index (χ1) is 8.25. The molecule has 92 valence electrons. The molecule has 3 rings (SSSR count). The van der Waals surface area contributed by atoms with Gasteiger partial charge in [0.2, 0.25) is 0 Å². The number of ether oxygens (including phenoxy) is 1. The number of thioether (sulfide) groups is 1. The number of thiazole rings is 1.